The number of rotatable bonds is 8. The zero-order valence-corrected chi connectivity index (χ0v) is 18.8. The van der Waals surface area contributed by atoms with E-state index in [0.29, 0.717) is 6.61 Å². The molecule has 1 heterocycles. The third-order valence-electron chi connectivity index (χ3n) is 6.51. The summed E-state index contributed by atoms with van der Waals surface area (Å²) in [6, 6.07) is 25.8. The van der Waals surface area contributed by atoms with E-state index in [1.807, 2.05) is 6.92 Å². The lowest BCUT2D eigenvalue weighted by Crippen LogP contribution is -2.25. The fourth-order valence-electron chi connectivity index (χ4n) is 4.89. The van der Waals surface area contributed by atoms with Gasteiger partial charge in [0.25, 0.3) is 0 Å². The average molecular weight is 426 g/mol. The van der Waals surface area contributed by atoms with Gasteiger partial charge < -0.3 is 9.47 Å². The molecule has 3 nitrogen and oxygen atoms in total. The zero-order chi connectivity index (χ0) is 21.8. The summed E-state index contributed by atoms with van der Waals surface area (Å²) in [6.45, 7) is 6.80. The summed E-state index contributed by atoms with van der Waals surface area (Å²) in [5.74, 6) is 1.94. The summed E-state index contributed by atoms with van der Waals surface area (Å²) in [4.78, 5) is 2.50. The third kappa shape index (κ3) is 4.31. The van der Waals surface area contributed by atoms with Crippen molar-refractivity contribution in [1.82, 2.24) is 4.90 Å². The Balaban J connectivity index is 1.55. The lowest BCUT2D eigenvalue weighted by atomic mass is 9.93. The molecule has 0 aromatic heterocycles. The van der Waals surface area contributed by atoms with E-state index < -0.39 is 0 Å². The average Bonchev–Trinajstić information content (AvgIpc) is 3.35. The molecular weight excluding hydrogens is 394 g/mol. The van der Waals surface area contributed by atoms with Crippen LogP contribution in [0.15, 0.2) is 72.8 Å². The van der Waals surface area contributed by atoms with Crippen molar-refractivity contribution >= 4 is 21.5 Å². The zero-order valence-electron chi connectivity index (χ0n) is 18.8. The minimum Gasteiger partial charge on any atom is -0.494 e. The maximum absolute atomic E-state index is 6.41. The van der Waals surface area contributed by atoms with Crippen LogP contribution in [-0.2, 0) is 6.42 Å². The Morgan fingerprint density at radius 3 is 1.84 bits per heavy atom. The van der Waals surface area contributed by atoms with Gasteiger partial charge in [-0.05, 0) is 66.5 Å². The number of benzene rings is 4. The molecule has 4 aromatic carbocycles. The van der Waals surface area contributed by atoms with Gasteiger partial charge in [0.2, 0.25) is 0 Å². The maximum atomic E-state index is 6.41. The van der Waals surface area contributed by atoms with Crippen molar-refractivity contribution in [2.75, 3.05) is 32.8 Å². The van der Waals surface area contributed by atoms with Crippen LogP contribution in [0.25, 0.3) is 21.5 Å². The van der Waals surface area contributed by atoms with Gasteiger partial charge in [-0.15, -0.1) is 0 Å². The molecule has 5 rings (SSSR count). The predicted molar refractivity (Wildman–Crippen MR) is 133 cm³/mol. The molecule has 1 aliphatic rings. The Hall–Kier alpha value is -3.04. The minimum atomic E-state index is 0.653. The second-order valence-electron chi connectivity index (χ2n) is 8.53. The first-order chi connectivity index (χ1) is 15.8. The fraction of sp³-hybridized carbons (Fsp3) is 0.310. The molecule has 0 radical (unpaired) electrons. The highest BCUT2D eigenvalue weighted by Gasteiger charge is 2.16. The van der Waals surface area contributed by atoms with E-state index in [4.69, 9.17) is 9.47 Å². The summed E-state index contributed by atoms with van der Waals surface area (Å²) < 4.78 is 12.5. The van der Waals surface area contributed by atoms with Crippen LogP contribution < -0.4 is 9.47 Å². The SMILES string of the molecule is CCOc1ccc2ccccc2c1Cc1c(OCCN2CCCC2)ccc2ccccc12. The van der Waals surface area contributed by atoms with Crippen molar-refractivity contribution in [3.05, 3.63) is 83.9 Å². The van der Waals surface area contributed by atoms with Crippen molar-refractivity contribution in [2.24, 2.45) is 0 Å². The van der Waals surface area contributed by atoms with E-state index in [-0.39, 0.29) is 0 Å². The van der Waals surface area contributed by atoms with Gasteiger partial charge in [-0.2, -0.15) is 0 Å². The van der Waals surface area contributed by atoms with E-state index >= 15 is 0 Å². The Morgan fingerprint density at radius 1 is 0.688 bits per heavy atom. The normalized spacial score (nSPS) is 14.3. The molecule has 4 aromatic rings. The molecule has 0 unspecified atom stereocenters. The third-order valence-corrected chi connectivity index (χ3v) is 6.51. The number of ether oxygens (including phenoxy) is 2. The highest BCUT2D eigenvalue weighted by Crippen LogP contribution is 2.36. The highest BCUT2D eigenvalue weighted by molar-refractivity contribution is 5.91. The van der Waals surface area contributed by atoms with Crippen molar-refractivity contribution in [3.63, 3.8) is 0 Å². The van der Waals surface area contributed by atoms with Gasteiger partial charge in [0, 0.05) is 24.1 Å². The summed E-state index contributed by atoms with van der Waals surface area (Å²) in [7, 11) is 0. The van der Waals surface area contributed by atoms with Gasteiger partial charge in [-0.1, -0.05) is 60.7 Å². The van der Waals surface area contributed by atoms with E-state index in [0.717, 1.165) is 31.1 Å². The van der Waals surface area contributed by atoms with Crippen LogP contribution in [0.4, 0.5) is 0 Å². The van der Waals surface area contributed by atoms with Crippen molar-refractivity contribution in [1.29, 1.82) is 0 Å². The maximum Gasteiger partial charge on any atom is 0.123 e. The van der Waals surface area contributed by atoms with Gasteiger partial charge in [0.15, 0.2) is 0 Å². The minimum absolute atomic E-state index is 0.653. The predicted octanol–water partition coefficient (Wildman–Crippen LogP) is 6.46. The Kier molecular flexibility index (Phi) is 6.27. The number of likely N-dealkylation sites (tertiary alicyclic amines) is 1. The van der Waals surface area contributed by atoms with Gasteiger partial charge in [-0.25, -0.2) is 0 Å². The lowest BCUT2D eigenvalue weighted by molar-refractivity contribution is 0.237. The van der Waals surface area contributed by atoms with Crippen LogP contribution >= 0.6 is 0 Å². The molecule has 0 amide bonds. The molecule has 0 aliphatic carbocycles. The van der Waals surface area contributed by atoms with Crippen molar-refractivity contribution < 1.29 is 9.47 Å². The first-order valence-electron chi connectivity index (χ1n) is 11.8. The van der Waals surface area contributed by atoms with Crippen LogP contribution in [-0.4, -0.2) is 37.7 Å². The second kappa shape index (κ2) is 9.62. The number of nitrogens with zero attached hydrogens (tertiary/aromatic N) is 1. The van der Waals surface area contributed by atoms with E-state index in [1.165, 1.54) is 58.6 Å². The van der Waals surface area contributed by atoms with Gasteiger partial charge >= 0.3 is 0 Å². The van der Waals surface area contributed by atoms with Crippen molar-refractivity contribution in [3.8, 4) is 11.5 Å². The molecule has 164 valence electrons. The first-order valence-corrected chi connectivity index (χ1v) is 11.8. The van der Waals surface area contributed by atoms with E-state index in [9.17, 15) is 0 Å². The van der Waals surface area contributed by atoms with E-state index in [2.05, 4.69) is 77.7 Å². The Morgan fingerprint density at radius 2 is 1.25 bits per heavy atom. The highest BCUT2D eigenvalue weighted by atomic mass is 16.5. The summed E-state index contributed by atoms with van der Waals surface area (Å²) in [6.07, 6.45) is 3.39. The van der Waals surface area contributed by atoms with Crippen LogP contribution in [0.2, 0.25) is 0 Å². The molecule has 0 spiro atoms. The largest absolute Gasteiger partial charge is 0.494 e. The Bertz CT molecular complexity index is 1210. The summed E-state index contributed by atoms with van der Waals surface area (Å²) in [5.41, 5.74) is 2.47. The molecule has 1 saturated heterocycles. The molecular formula is C29H31NO2. The monoisotopic (exact) mass is 425 g/mol. The van der Waals surface area contributed by atoms with Gasteiger partial charge in [-0.3, -0.25) is 4.90 Å². The van der Waals surface area contributed by atoms with Gasteiger partial charge in [0.05, 0.1) is 6.61 Å². The quantitative estimate of drug-likeness (QED) is 0.323. The number of hydrogen-bond acceptors (Lipinski definition) is 3. The number of fused-ring (bicyclic) bond motifs is 2. The first kappa shape index (κ1) is 20.8. The van der Waals surface area contributed by atoms with Crippen LogP contribution in [0, 0.1) is 0 Å². The topological polar surface area (TPSA) is 21.7 Å². The Labute approximate surface area is 190 Å². The van der Waals surface area contributed by atoms with E-state index in [1.54, 1.807) is 0 Å². The fourth-order valence-corrected chi connectivity index (χ4v) is 4.89. The number of hydrogen-bond donors (Lipinski definition) is 0. The smallest absolute Gasteiger partial charge is 0.123 e. The molecule has 0 N–H and O–H groups in total. The van der Waals surface area contributed by atoms with Gasteiger partial charge in [0.1, 0.15) is 18.1 Å². The summed E-state index contributed by atoms with van der Waals surface area (Å²) >= 11 is 0. The molecule has 0 atom stereocenters. The molecule has 3 heteroatoms. The van der Waals surface area contributed by atoms with Crippen molar-refractivity contribution in [2.45, 2.75) is 26.2 Å². The molecule has 0 saturated carbocycles. The summed E-state index contributed by atoms with van der Waals surface area (Å²) in [5, 5.41) is 4.98. The molecule has 1 aliphatic heterocycles. The molecule has 1 fully saturated rings. The van der Waals surface area contributed by atoms with Crippen LogP contribution in [0.1, 0.15) is 30.9 Å². The lowest BCUT2D eigenvalue weighted by Gasteiger charge is -2.19. The molecule has 0 bridgehead atoms. The second-order valence-corrected chi connectivity index (χ2v) is 8.53. The molecule has 32 heavy (non-hydrogen) atoms. The standard InChI is InChI=1S/C29H31NO2/c1-2-31-28-15-13-22-9-3-5-11-24(22)26(28)21-27-25-12-6-4-10-23(25)14-16-29(27)32-20-19-30-17-7-8-18-30/h3-6,9-16H,2,7-8,17-21H2,1H3. The van der Waals surface area contributed by atoms with Crippen LogP contribution in [0.3, 0.4) is 0 Å². The van der Waals surface area contributed by atoms with Crippen LogP contribution in [0.5, 0.6) is 11.5 Å².